The van der Waals surface area contributed by atoms with Crippen LogP contribution in [-0.2, 0) is 6.54 Å². The van der Waals surface area contributed by atoms with E-state index in [4.69, 9.17) is 0 Å². The first-order chi connectivity index (χ1) is 8.17. The Labute approximate surface area is 101 Å². The van der Waals surface area contributed by atoms with Gasteiger partial charge in [0, 0.05) is 19.0 Å². The number of imidazole rings is 1. The number of aromatic amines is 1. The molecule has 0 saturated carbocycles. The second-order valence-electron chi connectivity index (χ2n) is 4.30. The Morgan fingerprint density at radius 3 is 2.76 bits per heavy atom. The molecule has 1 N–H and O–H groups in total. The maximum atomic E-state index is 4.63. The Morgan fingerprint density at radius 1 is 1.41 bits per heavy atom. The van der Waals surface area contributed by atoms with E-state index in [0.29, 0.717) is 5.92 Å². The van der Waals surface area contributed by atoms with Gasteiger partial charge in [-0.15, -0.1) is 0 Å². The minimum atomic E-state index is 0.377. The molecule has 0 atom stereocenters. The highest BCUT2D eigenvalue weighted by Gasteiger charge is 2.10. The van der Waals surface area contributed by atoms with Crippen molar-refractivity contribution in [2.45, 2.75) is 40.2 Å². The molecule has 2 rings (SSSR count). The summed E-state index contributed by atoms with van der Waals surface area (Å²) in [4.78, 5) is 16.7. The molecule has 0 aromatic carbocycles. The molecule has 0 aliphatic carbocycles. The van der Waals surface area contributed by atoms with E-state index in [1.165, 1.54) is 0 Å². The monoisotopic (exact) mass is 233 g/mol. The lowest BCUT2D eigenvalue weighted by Gasteiger charge is -2.01. The highest BCUT2D eigenvalue weighted by Crippen LogP contribution is 2.13. The molecule has 0 spiro atoms. The SMILES string of the molecule is CCN=c1ncn(CC)c2nc(C(C)C)[nH]c12. The smallest absolute Gasteiger partial charge is 0.176 e. The van der Waals surface area contributed by atoms with Crippen molar-refractivity contribution in [1.82, 2.24) is 19.5 Å². The van der Waals surface area contributed by atoms with Crippen LogP contribution in [0.5, 0.6) is 0 Å². The molecule has 2 aromatic heterocycles. The van der Waals surface area contributed by atoms with Crippen molar-refractivity contribution in [1.29, 1.82) is 0 Å². The summed E-state index contributed by atoms with van der Waals surface area (Å²) in [5.41, 5.74) is 2.64. The largest absolute Gasteiger partial charge is 0.337 e. The van der Waals surface area contributed by atoms with Crippen molar-refractivity contribution in [2.24, 2.45) is 4.99 Å². The Balaban J connectivity index is 2.77. The normalized spacial score (nSPS) is 12.9. The molecule has 0 fully saturated rings. The fraction of sp³-hybridized carbons (Fsp3) is 0.583. The summed E-state index contributed by atoms with van der Waals surface area (Å²) in [6.07, 6.45) is 1.81. The first-order valence-corrected chi connectivity index (χ1v) is 6.12. The summed E-state index contributed by atoms with van der Waals surface area (Å²) in [5.74, 6) is 1.37. The summed E-state index contributed by atoms with van der Waals surface area (Å²) in [6, 6.07) is 0. The van der Waals surface area contributed by atoms with Gasteiger partial charge in [-0.25, -0.2) is 9.97 Å². The molecule has 0 bridgehead atoms. The molecular formula is C12H19N5. The number of aryl methyl sites for hydroxylation is 1. The molecule has 0 amide bonds. The lowest BCUT2D eigenvalue weighted by Crippen LogP contribution is -2.14. The molecule has 92 valence electrons. The van der Waals surface area contributed by atoms with E-state index >= 15 is 0 Å². The van der Waals surface area contributed by atoms with E-state index in [1.54, 1.807) is 0 Å². The fourth-order valence-corrected chi connectivity index (χ4v) is 1.76. The van der Waals surface area contributed by atoms with E-state index in [0.717, 1.165) is 35.6 Å². The van der Waals surface area contributed by atoms with Crippen LogP contribution in [0.3, 0.4) is 0 Å². The molecule has 0 aliphatic heterocycles. The third kappa shape index (κ3) is 2.09. The van der Waals surface area contributed by atoms with E-state index in [9.17, 15) is 0 Å². The number of H-pyrrole nitrogens is 1. The van der Waals surface area contributed by atoms with Gasteiger partial charge in [0.1, 0.15) is 11.3 Å². The van der Waals surface area contributed by atoms with Gasteiger partial charge in [0.15, 0.2) is 11.1 Å². The van der Waals surface area contributed by atoms with Crippen LogP contribution in [0, 0.1) is 0 Å². The third-order valence-corrected chi connectivity index (χ3v) is 2.71. The molecule has 17 heavy (non-hydrogen) atoms. The van der Waals surface area contributed by atoms with Crippen molar-refractivity contribution in [2.75, 3.05) is 6.54 Å². The van der Waals surface area contributed by atoms with E-state index in [2.05, 4.69) is 40.7 Å². The number of hydrogen-bond acceptors (Lipinski definition) is 3. The van der Waals surface area contributed by atoms with Crippen LogP contribution in [0.4, 0.5) is 0 Å². The Morgan fingerprint density at radius 2 is 2.18 bits per heavy atom. The quantitative estimate of drug-likeness (QED) is 0.879. The topological polar surface area (TPSA) is 58.9 Å². The van der Waals surface area contributed by atoms with Gasteiger partial charge in [-0.05, 0) is 13.8 Å². The first-order valence-electron chi connectivity index (χ1n) is 6.12. The van der Waals surface area contributed by atoms with Gasteiger partial charge < -0.3 is 9.55 Å². The Kier molecular flexibility index (Phi) is 3.26. The summed E-state index contributed by atoms with van der Waals surface area (Å²) in [6.45, 7) is 9.93. The minimum absolute atomic E-state index is 0.377. The van der Waals surface area contributed by atoms with Gasteiger partial charge in [0.25, 0.3) is 0 Å². The van der Waals surface area contributed by atoms with Crippen molar-refractivity contribution >= 4 is 11.2 Å². The van der Waals surface area contributed by atoms with Crippen LogP contribution < -0.4 is 5.49 Å². The zero-order valence-electron chi connectivity index (χ0n) is 10.9. The number of rotatable bonds is 3. The Bertz CT molecular complexity index is 576. The maximum Gasteiger partial charge on any atom is 0.176 e. The lowest BCUT2D eigenvalue weighted by molar-refractivity contribution is 0.746. The second kappa shape index (κ2) is 4.69. The fourth-order valence-electron chi connectivity index (χ4n) is 1.76. The van der Waals surface area contributed by atoms with Crippen LogP contribution in [-0.4, -0.2) is 26.1 Å². The van der Waals surface area contributed by atoms with Gasteiger partial charge >= 0.3 is 0 Å². The molecule has 0 aliphatic rings. The van der Waals surface area contributed by atoms with Crippen LogP contribution >= 0.6 is 0 Å². The predicted octanol–water partition coefficient (Wildman–Crippen LogP) is 1.82. The number of nitrogens with one attached hydrogen (secondary N) is 1. The predicted molar refractivity (Wildman–Crippen MR) is 67.7 cm³/mol. The number of aromatic nitrogens is 4. The maximum absolute atomic E-state index is 4.63. The molecule has 0 unspecified atom stereocenters. The van der Waals surface area contributed by atoms with Gasteiger partial charge in [-0.3, -0.25) is 4.99 Å². The van der Waals surface area contributed by atoms with Gasteiger partial charge in [0.05, 0.1) is 6.33 Å². The van der Waals surface area contributed by atoms with E-state index in [1.807, 2.05) is 17.8 Å². The summed E-state index contributed by atoms with van der Waals surface area (Å²) in [5, 5.41) is 0. The standard InChI is InChI=1S/C12H19N5/c1-5-13-11-9-12(17(6-2)7-14-11)16-10(15-9)8(3)4/h7-8H,5-6H2,1-4H3,(H,15,16). The molecule has 0 saturated heterocycles. The molecular weight excluding hydrogens is 214 g/mol. The summed E-state index contributed by atoms with van der Waals surface area (Å²) >= 11 is 0. The average Bonchev–Trinajstić information content (AvgIpc) is 2.75. The molecule has 2 aromatic rings. The highest BCUT2D eigenvalue weighted by atomic mass is 15.1. The molecule has 0 radical (unpaired) electrons. The molecule has 2 heterocycles. The number of fused-ring (bicyclic) bond motifs is 1. The van der Waals surface area contributed by atoms with Gasteiger partial charge in [0.2, 0.25) is 0 Å². The van der Waals surface area contributed by atoms with Crippen molar-refractivity contribution in [3.8, 4) is 0 Å². The zero-order chi connectivity index (χ0) is 12.4. The third-order valence-electron chi connectivity index (χ3n) is 2.71. The van der Waals surface area contributed by atoms with Crippen LogP contribution in [0.25, 0.3) is 11.2 Å². The van der Waals surface area contributed by atoms with E-state index < -0.39 is 0 Å². The van der Waals surface area contributed by atoms with Crippen LogP contribution in [0.15, 0.2) is 11.3 Å². The van der Waals surface area contributed by atoms with E-state index in [-0.39, 0.29) is 0 Å². The highest BCUT2D eigenvalue weighted by molar-refractivity contribution is 5.69. The minimum Gasteiger partial charge on any atom is -0.337 e. The lowest BCUT2D eigenvalue weighted by atomic mass is 10.2. The van der Waals surface area contributed by atoms with Crippen molar-refractivity contribution in [3.05, 3.63) is 17.6 Å². The number of hydrogen-bond donors (Lipinski definition) is 1. The zero-order valence-corrected chi connectivity index (χ0v) is 10.9. The van der Waals surface area contributed by atoms with Crippen LogP contribution in [0.1, 0.15) is 39.4 Å². The van der Waals surface area contributed by atoms with Crippen LogP contribution in [0.2, 0.25) is 0 Å². The van der Waals surface area contributed by atoms with Crippen molar-refractivity contribution in [3.63, 3.8) is 0 Å². The first kappa shape index (κ1) is 11.8. The number of nitrogens with zero attached hydrogens (tertiary/aromatic N) is 4. The Hall–Kier alpha value is -1.65. The molecule has 5 heteroatoms. The van der Waals surface area contributed by atoms with Crippen molar-refractivity contribution < 1.29 is 0 Å². The van der Waals surface area contributed by atoms with Gasteiger partial charge in [-0.2, -0.15) is 0 Å². The summed E-state index contributed by atoms with van der Waals surface area (Å²) < 4.78 is 2.03. The summed E-state index contributed by atoms with van der Waals surface area (Å²) in [7, 11) is 0. The average molecular weight is 233 g/mol. The van der Waals surface area contributed by atoms with Gasteiger partial charge in [-0.1, -0.05) is 13.8 Å². The second-order valence-corrected chi connectivity index (χ2v) is 4.30. The molecule has 5 nitrogen and oxygen atoms in total.